The van der Waals surface area contributed by atoms with Crippen LogP contribution in [-0.2, 0) is 9.16 Å². The van der Waals surface area contributed by atoms with E-state index in [1.54, 1.807) is 12.1 Å². The minimum atomic E-state index is -2.05. The van der Waals surface area contributed by atoms with Gasteiger partial charge in [0.25, 0.3) is 5.69 Å². The van der Waals surface area contributed by atoms with Gasteiger partial charge in [-0.2, -0.15) is 0 Å². The lowest BCUT2D eigenvalue weighted by molar-refractivity contribution is -0.383. The van der Waals surface area contributed by atoms with Crippen molar-refractivity contribution in [1.82, 2.24) is 4.90 Å². The number of carbonyl (C=O) groups excluding carboxylic acids is 1. The Morgan fingerprint density at radius 2 is 1.91 bits per heavy atom. The van der Waals surface area contributed by atoms with Crippen LogP contribution in [0.3, 0.4) is 0 Å². The summed E-state index contributed by atoms with van der Waals surface area (Å²) in [6.45, 7) is 17.9. The highest BCUT2D eigenvalue weighted by atomic mass is 35.5. The number of nitro benzene ring substituents is 1. The smallest absolute Gasteiger partial charge is 0.410 e. The third-order valence-corrected chi connectivity index (χ3v) is 11.5. The van der Waals surface area contributed by atoms with Gasteiger partial charge in [0, 0.05) is 24.2 Å². The van der Waals surface area contributed by atoms with E-state index in [-0.39, 0.29) is 29.0 Å². The molecule has 0 aromatic heterocycles. The van der Waals surface area contributed by atoms with E-state index in [1.165, 1.54) is 6.07 Å². The van der Waals surface area contributed by atoms with Crippen molar-refractivity contribution in [2.24, 2.45) is 0 Å². The second-order valence-electron chi connectivity index (χ2n) is 11.8. The lowest BCUT2D eigenvalue weighted by Gasteiger charge is -2.47. The van der Waals surface area contributed by atoms with Crippen molar-refractivity contribution < 1.29 is 18.9 Å². The van der Waals surface area contributed by atoms with E-state index in [2.05, 4.69) is 39.2 Å². The first kappa shape index (κ1) is 29.4. The standard InChI is InChI=1S/C25H42ClN3O5Si/c1-24(2,3)33-23(30)28-16-10-12-22(34-35(7,8)25(4,5)6)20(28)11-9-15-27-19-14-13-18(26)17-21(19)29(31)32/h13-14,17,20,22,27H,9-12,15-16H2,1-8H3/t20-,22+/m1/s1. The molecule has 1 amide bonds. The molecule has 0 bridgehead atoms. The molecule has 0 saturated carbocycles. The van der Waals surface area contributed by atoms with E-state index >= 15 is 0 Å². The first-order chi connectivity index (χ1) is 16.0. The number of piperidine rings is 1. The molecule has 1 saturated heterocycles. The molecule has 2 atom stereocenters. The maximum atomic E-state index is 13.1. The summed E-state index contributed by atoms with van der Waals surface area (Å²) in [5, 5.41) is 14.9. The second-order valence-corrected chi connectivity index (χ2v) is 17.0. The molecule has 2 rings (SSSR count). The number of rotatable bonds is 8. The molecule has 1 fully saturated rings. The Balaban J connectivity index is 2.16. The number of nitrogens with zero attached hydrogens (tertiary/aromatic N) is 2. The molecule has 0 unspecified atom stereocenters. The maximum Gasteiger partial charge on any atom is 0.410 e. The lowest BCUT2D eigenvalue weighted by atomic mass is 9.95. The Morgan fingerprint density at radius 1 is 1.26 bits per heavy atom. The minimum absolute atomic E-state index is 0.0512. The Bertz CT molecular complexity index is 898. The number of benzene rings is 1. The summed E-state index contributed by atoms with van der Waals surface area (Å²) < 4.78 is 12.5. The maximum absolute atomic E-state index is 13.1. The summed E-state index contributed by atoms with van der Waals surface area (Å²) >= 11 is 5.92. The third-order valence-electron chi connectivity index (χ3n) is 6.75. The van der Waals surface area contributed by atoms with Gasteiger partial charge in [0.2, 0.25) is 0 Å². The molecule has 1 aromatic rings. The quantitative estimate of drug-likeness (QED) is 0.166. The van der Waals surface area contributed by atoms with Crippen molar-refractivity contribution in [1.29, 1.82) is 0 Å². The summed E-state index contributed by atoms with van der Waals surface area (Å²) in [7, 11) is -2.05. The van der Waals surface area contributed by atoms with Crippen molar-refractivity contribution in [3.63, 3.8) is 0 Å². The Morgan fingerprint density at radius 3 is 2.49 bits per heavy atom. The number of hydrogen-bond acceptors (Lipinski definition) is 6. The van der Waals surface area contributed by atoms with Crippen LogP contribution in [0.5, 0.6) is 0 Å². The monoisotopic (exact) mass is 527 g/mol. The van der Waals surface area contributed by atoms with E-state index in [4.69, 9.17) is 20.8 Å². The van der Waals surface area contributed by atoms with Crippen LogP contribution in [0.4, 0.5) is 16.2 Å². The summed E-state index contributed by atoms with van der Waals surface area (Å²) in [6, 6.07) is 4.48. The number of anilines is 1. The molecule has 198 valence electrons. The van der Waals surface area contributed by atoms with Crippen LogP contribution in [0, 0.1) is 10.1 Å². The highest BCUT2D eigenvalue weighted by Crippen LogP contribution is 2.40. The molecular weight excluding hydrogens is 486 g/mol. The number of amides is 1. The van der Waals surface area contributed by atoms with E-state index in [0.717, 1.165) is 12.8 Å². The third kappa shape index (κ3) is 8.36. The predicted octanol–water partition coefficient (Wildman–Crippen LogP) is 7.23. The SMILES string of the molecule is CC(C)(C)OC(=O)N1CCC[C@H](O[Si](C)(C)C(C)(C)C)[C@H]1CCCNc1ccc(Cl)cc1[N+](=O)[O-]. The molecule has 0 radical (unpaired) electrons. The molecule has 10 heteroatoms. The number of halogens is 1. The number of ether oxygens (including phenoxy) is 1. The van der Waals surface area contributed by atoms with Crippen LogP contribution in [0.2, 0.25) is 23.2 Å². The molecule has 1 heterocycles. The Hall–Kier alpha value is -1.84. The zero-order valence-electron chi connectivity index (χ0n) is 22.4. The largest absolute Gasteiger partial charge is 0.444 e. The van der Waals surface area contributed by atoms with Crippen molar-refractivity contribution in [2.75, 3.05) is 18.4 Å². The van der Waals surface area contributed by atoms with Crippen molar-refractivity contribution in [2.45, 2.75) is 103 Å². The first-order valence-electron chi connectivity index (χ1n) is 12.4. The summed E-state index contributed by atoms with van der Waals surface area (Å²) in [5.41, 5.74) is -0.199. The molecule has 1 aliphatic heterocycles. The van der Waals surface area contributed by atoms with E-state index in [0.29, 0.717) is 36.6 Å². The Kier molecular flexibility index (Phi) is 9.64. The molecular formula is C25H42ClN3O5Si. The van der Waals surface area contributed by atoms with Crippen LogP contribution in [0.1, 0.15) is 67.2 Å². The van der Waals surface area contributed by atoms with Gasteiger partial charge in [-0.15, -0.1) is 0 Å². The van der Waals surface area contributed by atoms with E-state index < -0.39 is 18.8 Å². The first-order valence-corrected chi connectivity index (χ1v) is 15.7. The number of carbonyl (C=O) groups is 1. The van der Waals surface area contributed by atoms with Gasteiger partial charge in [-0.3, -0.25) is 10.1 Å². The van der Waals surface area contributed by atoms with Crippen LogP contribution in [-0.4, -0.2) is 55.1 Å². The average molecular weight is 528 g/mol. The highest BCUT2D eigenvalue weighted by Gasteiger charge is 2.44. The number of likely N-dealkylation sites (tertiary alicyclic amines) is 1. The number of hydrogen-bond donors (Lipinski definition) is 1. The van der Waals surface area contributed by atoms with Crippen LogP contribution in [0.15, 0.2) is 18.2 Å². The molecule has 0 spiro atoms. The van der Waals surface area contributed by atoms with Gasteiger partial charge in [0.05, 0.1) is 17.1 Å². The fraction of sp³-hybridized carbons (Fsp3) is 0.720. The summed E-state index contributed by atoms with van der Waals surface area (Å²) in [5.74, 6) is 0. The fourth-order valence-electron chi connectivity index (χ4n) is 3.94. The van der Waals surface area contributed by atoms with E-state index in [9.17, 15) is 14.9 Å². The topological polar surface area (TPSA) is 93.9 Å². The summed E-state index contributed by atoms with van der Waals surface area (Å²) in [4.78, 5) is 25.9. The predicted molar refractivity (Wildman–Crippen MR) is 144 cm³/mol. The molecule has 1 aromatic carbocycles. The Labute approximate surface area is 216 Å². The van der Waals surface area contributed by atoms with Crippen molar-refractivity contribution >= 4 is 37.4 Å². The molecule has 1 N–H and O–H groups in total. The van der Waals surface area contributed by atoms with Crippen LogP contribution < -0.4 is 5.32 Å². The van der Waals surface area contributed by atoms with Crippen molar-refractivity contribution in [3.8, 4) is 0 Å². The average Bonchev–Trinajstić information content (AvgIpc) is 2.70. The van der Waals surface area contributed by atoms with Gasteiger partial charge in [-0.1, -0.05) is 32.4 Å². The van der Waals surface area contributed by atoms with E-state index in [1.807, 2.05) is 25.7 Å². The van der Waals surface area contributed by atoms with Gasteiger partial charge in [0.15, 0.2) is 8.32 Å². The van der Waals surface area contributed by atoms with Crippen molar-refractivity contribution in [3.05, 3.63) is 33.3 Å². The normalized spacial score (nSPS) is 19.4. The molecule has 1 aliphatic rings. The zero-order chi connectivity index (χ0) is 26.6. The van der Waals surface area contributed by atoms with Gasteiger partial charge in [-0.25, -0.2) is 4.79 Å². The number of nitro groups is 1. The lowest BCUT2D eigenvalue weighted by Crippen LogP contribution is -2.56. The van der Waals surface area contributed by atoms with Crippen LogP contribution >= 0.6 is 11.6 Å². The molecule has 0 aliphatic carbocycles. The van der Waals surface area contributed by atoms with Gasteiger partial charge in [-0.05, 0) is 76.7 Å². The zero-order valence-corrected chi connectivity index (χ0v) is 24.2. The fourth-order valence-corrected chi connectivity index (χ4v) is 5.49. The molecule has 35 heavy (non-hydrogen) atoms. The molecule has 8 nitrogen and oxygen atoms in total. The second kappa shape index (κ2) is 11.5. The van der Waals surface area contributed by atoms with Gasteiger partial charge in [0.1, 0.15) is 11.3 Å². The number of nitrogens with one attached hydrogen (secondary N) is 1. The van der Waals surface area contributed by atoms with Gasteiger partial charge < -0.3 is 19.4 Å². The van der Waals surface area contributed by atoms with Gasteiger partial charge >= 0.3 is 6.09 Å². The van der Waals surface area contributed by atoms with Crippen LogP contribution in [0.25, 0.3) is 0 Å². The highest BCUT2D eigenvalue weighted by molar-refractivity contribution is 6.74. The minimum Gasteiger partial charge on any atom is -0.444 e. The summed E-state index contributed by atoms with van der Waals surface area (Å²) in [6.07, 6.45) is 2.79.